The number of aliphatic hydroxyl groups excluding tert-OH is 1. The van der Waals surface area contributed by atoms with Crippen LogP contribution in [0.4, 0.5) is 0 Å². The van der Waals surface area contributed by atoms with E-state index in [-0.39, 0.29) is 0 Å². The zero-order valence-corrected chi connectivity index (χ0v) is 12.2. The van der Waals surface area contributed by atoms with Crippen LogP contribution in [0.5, 0.6) is 5.75 Å². The molecule has 1 unspecified atom stereocenters. The highest BCUT2D eigenvalue weighted by atomic mass is 16.5. The molecule has 1 N–H and O–H groups in total. The van der Waals surface area contributed by atoms with Crippen LogP contribution in [0.3, 0.4) is 0 Å². The number of aliphatic hydroxyl groups is 1. The maximum Gasteiger partial charge on any atom is 0.119 e. The zero-order chi connectivity index (χ0) is 14.4. The number of rotatable bonds is 6. The van der Waals surface area contributed by atoms with E-state index in [9.17, 15) is 5.11 Å². The topological polar surface area (TPSA) is 29.5 Å². The molecular weight excluding hydrogens is 248 g/mol. The molecular formula is C18H22O2. The van der Waals surface area contributed by atoms with Gasteiger partial charge in [-0.1, -0.05) is 48.9 Å². The fourth-order valence-electron chi connectivity index (χ4n) is 2.19. The second kappa shape index (κ2) is 7.11. The summed E-state index contributed by atoms with van der Waals surface area (Å²) in [5.74, 6) is 0.860. The second-order valence-electron chi connectivity index (χ2n) is 5.13. The van der Waals surface area contributed by atoms with Gasteiger partial charge in [0.25, 0.3) is 0 Å². The maximum atomic E-state index is 10.3. The summed E-state index contributed by atoms with van der Waals surface area (Å²) in [5, 5.41) is 10.3. The second-order valence-corrected chi connectivity index (χ2v) is 5.13. The summed E-state index contributed by atoms with van der Waals surface area (Å²) in [6.45, 7) is 4.88. The molecule has 2 rings (SSSR count). The van der Waals surface area contributed by atoms with E-state index < -0.39 is 6.10 Å². The lowest BCUT2D eigenvalue weighted by Crippen LogP contribution is -2.02. The Hall–Kier alpha value is -1.80. The number of aryl methyl sites for hydroxylation is 1. The van der Waals surface area contributed by atoms with Crippen molar-refractivity contribution >= 4 is 0 Å². The van der Waals surface area contributed by atoms with Crippen molar-refractivity contribution < 1.29 is 9.84 Å². The van der Waals surface area contributed by atoms with Crippen LogP contribution < -0.4 is 4.74 Å². The Morgan fingerprint density at radius 1 is 1.10 bits per heavy atom. The van der Waals surface area contributed by atoms with Gasteiger partial charge >= 0.3 is 0 Å². The maximum absolute atomic E-state index is 10.3. The van der Waals surface area contributed by atoms with E-state index in [1.54, 1.807) is 0 Å². The lowest BCUT2D eigenvalue weighted by Gasteiger charge is -2.12. The van der Waals surface area contributed by atoms with Gasteiger partial charge in [-0.15, -0.1) is 0 Å². The Balaban J connectivity index is 2.00. The average molecular weight is 270 g/mol. The largest absolute Gasteiger partial charge is 0.494 e. The van der Waals surface area contributed by atoms with E-state index in [0.717, 1.165) is 29.9 Å². The summed E-state index contributed by atoms with van der Waals surface area (Å²) >= 11 is 0. The molecule has 0 bridgehead atoms. The molecule has 0 aromatic heterocycles. The molecule has 0 aliphatic heterocycles. The number of hydrogen-bond donors (Lipinski definition) is 1. The predicted molar refractivity (Wildman–Crippen MR) is 82.1 cm³/mol. The van der Waals surface area contributed by atoms with Gasteiger partial charge in [-0.05, 0) is 36.6 Å². The molecule has 0 heterocycles. The lowest BCUT2D eigenvalue weighted by molar-refractivity contribution is 0.178. The summed E-state index contributed by atoms with van der Waals surface area (Å²) in [5.41, 5.74) is 3.30. The number of ether oxygens (including phenoxy) is 1. The van der Waals surface area contributed by atoms with Crippen molar-refractivity contribution in [1.82, 2.24) is 0 Å². The smallest absolute Gasteiger partial charge is 0.119 e. The van der Waals surface area contributed by atoms with Gasteiger partial charge in [0, 0.05) is 6.42 Å². The van der Waals surface area contributed by atoms with Crippen LogP contribution >= 0.6 is 0 Å². The van der Waals surface area contributed by atoms with Crippen LogP contribution in [0, 0.1) is 6.92 Å². The lowest BCUT2D eigenvalue weighted by atomic mass is 10.0. The predicted octanol–water partition coefficient (Wildman–Crippen LogP) is 4.06. The van der Waals surface area contributed by atoms with E-state index in [2.05, 4.69) is 32.0 Å². The molecule has 0 amide bonds. The summed E-state index contributed by atoms with van der Waals surface area (Å²) < 4.78 is 5.54. The van der Waals surface area contributed by atoms with Gasteiger partial charge in [-0.3, -0.25) is 0 Å². The highest BCUT2D eigenvalue weighted by Crippen LogP contribution is 2.21. The van der Waals surface area contributed by atoms with Crippen molar-refractivity contribution in [3.05, 3.63) is 65.2 Å². The van der Waals surface area contributed by atoms with E-state index in [1.807, 2.05) is 30.3 Å². The van der Waals surface area contributed by atoms with E-state index >= 15 is 0 Å². The van der Waals surface area contributed by atoms with E-state index in [1.165, 1.54) is 5.56 Å². The molecule has 20 heavy (non-hydrogen) atoms. The van der Waals surface area contributed by atoms with Crippen molar-refractivity contribution in [1.29, 1.82) is 0 Å². The van der Waals surface area contributed by atoms with Crippen LogP contribution in [0.25, 0.3) is 0 Å². The third kappa shape index (κ3) is 4.10. The Kier molecular flexibility index (Phi) is 5.19. The molecule has 2 aromatic carbocycles. The van der Waals surface area contributed by atoms with Gasteiger partial charge in [-0.2, -0.15) is 0 Å². The van der Waals surface area contributed by atoms with Crippen molar-refractivity contribution in [2.75, 3.05) is 6.61 Å². The Labute approximate surface area is 121 Å². The minimum absolute atomic E-state index is 0.475. The number of benzene rings is 2. The standard InChI is InChI=1S/C18H22O2/c1-3-11-20-17-9-7-16(8-10-17)18(19)13-15-6-4-5-14(2)12-15/h4-10,12,18-19H,3,11,13H2,1-2H3. The fraction of sp³-hybridized carbons (Fsp3) is 0.333. The quantitative estimate of drug-likeness (QED) is 0.857. The summed E-state index contributed by atoms with van der Waals surface area (Å²) in [7, 11) is 0. The van der Waals surface area contributed by atoms with Gasteiger partial charge in [0.05, 0.1) is 12.7 Å². The first-order chi connectivity index (χ1) is 9.69. The molecule has 1 atom stereocenters. The molecule has 0 spiro atoms. The highest BCUT2D eigenvalue weighted by Gasteiger charge is 2.08. The number of hydrogen-bond acceptors (Lipinski definition) is 2. The van der Waals surface area contributed by atoms with Crippen LogP contribution in [0.2, 0.25) is 0 Å². The first-order valence-corrected chi connectivity index (χ1v) is 7.15. The average Bonchev–Trinajstić information content (AvgIpc) is 2.45. The Bertz CT molecular complexity index is 531. The molecule has 0 saturated heterocycles. The van der Waals surface area contributed by atoms with E-state index in [4.69, 9.17) is 4.74 Å². The van der Waals surface area contributed by atoms with Crippen molar-refractivity contribution in [3.8, 4) is 5.75 Å². The van der Waals surface area contributed by atoms with Crippen molar-refractivity contribution in [3.63, 3.8) is 0 Å². The van der Waals surface area contributed by atoms with Gasteiger partial charge < -0.3 is 9.84 Å². The normalized spacial score (nSPS) is 12.2. The molecule has 0 radical (unpaired) electrons. The molecule has 2 nitrogen and oxygen atoms in total. The van der Waals surface area contributed by atoms with Gasteiger partial charge in [0.1, 0.15) is 5.75 Å². The third-order valence-corrected chi connectivity index (χ3v) is 3.25. The van der Waals surface area contributed by atoms with Crippen LogP contribution in [-0.4, -0.2) is 11.7 Å². The molecule has 2 heteroatoms. The van der Waals surface area contributed by atoms with Gasteiger partial charge in [-0.25, -0.2) is 0 Å². The Morgan fingerprint density at radius 2 is 1.85 bits per heavy atom. The SMILES string of the molecule is CCCOc1ccc(C(O)Cc2cccc(C)c2)cc1. The van der Waals surface area contributed by atoms with Gasteiger partial charge in [0.15, 0.2) is 0 Å². The molecule has 0 aliphatic carbocycles. The minimum atomic E-state index is -0.475. The van der Waals surface area contributed by atoms with Crippen LogP contribution in [0.15, 0.2) is 48.5 Å². The first-order valence-electron chi connectivity index (χ1n) is 7.15. The van der Waals surface area contributed by atoms with Crippen molar-refractivity contribution in [2.24, 2.45) is 0 Å². The summed E-state index contributed by atoms with van der Waals surface area (Å²) in [6.07, 6.45) is 1.16. The molecule has 106 valence electrons. The minimum Gasteiger partial charge on any atom is -0.494 e. The highest BCUT2D eigenvalue weighted by molar-refractivity contribution is 5.30. The van der Waals surface area contributed by atoms with Crippen LogP contribution in [-0.2, 0) is 6.42 Å². The fourth-order valence-corrected chi connectivity index (χ4v) is 2.19. The molecule has 0 fully saturated rings. The van der Waals surface area contributed by atoms with Crippen LogP contribution in [0.1, 0.15) is 36.1 Å². The van der Waals surface area contributed by atoms with E-state index in [0.29, 0.717) is 6.42 Å². The third-order valence-electron chi connectivity index (χ3n) is 3.25. The zero-order valence-electron chi connectivity index (χ0n) is 12.2. The summed E-state index contributed by atoms with van der Waals surface area (Å²) in [6, 6.07) is 16.0. The molecule has 0 saturated carbocycles. The Morgan fingerprint density at radius 3 is 2.50 bits per heavy atom. The van der Waals surface area contributed by atoms with Gasteiger partial charge in [0.2, 0.25) is 0 Å². The summed E-state index contributed by atoms with van der Waals surface area (Å²) in [4.78, 5) is 0. The molecule has 0 aliphatic rings. The first kappa shape index (κ1) is 14.6. The van der Waals surface area contributed by atoms with Crippen molar-refractivity contribution in [2.45, 2.75) is 32.8 Å². The molecule has 2 aromatic rings. The monoisotopic (exact) mass is 270 g/mol.